The predicted octanol–water partition coefficient (Wildman–Crippen LogP) is 2.38. The largest absolute Gasteiger partial charge is 0.385 e. The van der Waals surface area contributed by atoms with Crippen molar-refractivity contribution in [1.29, 1.82) is 0 Å². The third kappa shape index (κ3) is 5.60. The fourth-order valence-corrected chi connectivity index (χ4v) is 2.67. The van der Waals surface area contributed by atoms with Gasteiger partial charge in [0.25, 0.3) is 5.91 Å². The smallest absolute Gasteiger partial charge is 0.270 e. The van der Waals surface area contributed by atoms with Crippen LogP contribution in [0.2, 0.25) is 0 Å². The number of hydrogen-bond donors (Lipinski definition) is 2. The van der Waals surface area contributed by atoms with Gasteiger partial charge in [0.15, 0.2) is 0 Å². The molecule has 0 unspecified atom stereocenters. The molecule has 1 saturated carbocycles. The van der Waals surface area contributed by atoms with Crippen LogP contribution in [-0.2, 0) is 4.74 Å². The Bertz CT molecular complexity index is 459. The Labute approximate surface area is 132 Å². The normalized spacial score (nSPS) is 16.0. The summed E-state index contributed by atoms with van der Waals surface area (Å²) in [5, 5.41) is 6.21. The predicted molar refractivity (Wildman–Crippen MR) is 86.0 cm³/mol. The summed E-state index contributed by atoms with van der Waals surface area (Å²) in [5.74, 6) is 0.388. The quantitative estimate of drug-likeness (QED) is 0.597. The van der Waals surface area contributed by atoms with E-state index in [0.717, 1.165) is 25.8 Å². The highest BCUT2D eigenvalue weighted by molar-refractivity contribution is 5.92. The second-order valence-corrected chi connectivity index (χ2v) is 5.70. The van der Waals surface area contributed by atoms with Crippen LogP contribution in [0.15, 0.2) is 12.3 Å². The number of anilines is 1. The van der Waals surface area contributed by atoms with Crippen molar-refractivity contribution in [2.75, 3.05) is 25.6 Å². The van der Waals surface area contributed by atoms with Crippen molar-refractivity contribution in [3.63, 3.8) is 0 Å². The molecule has 1 heterocycles. The number of carbonyl (C=O) groups is 1. The van der Waals surface area contributed by atoms with Gasteiger partial charge in [-0.15, -0.1) is 0 Å². The molecule has 122 valence electrons. The first kappa shape index (κ1) is 16.7. The lowest BCUT2D eigenvalue weighted by atomic mass is 10.1. The van der Waals surface area contributed by atoms with Crippen LogP contribution in [0, 0.1) is 0 Å². The Hall–Kier alpha value is -1.69. The molecule has 6 nitrogen and oxygen atoms in total. The van der Waals surface area contributed by atoms with E-state index in [1.165, 1.54) is 25.7 Å². The van der Waals surface area contributed by atoms with Gasteiger partial charge >= 0.3 is 0 Å². The second kappa shape index (κ2) is 9.35. The molecule has 0 radical (unpaired) electrons. The first-order valence-electron chi connectivity index (χ1n) is 8.16. The molecule has 0 aromatic carbocycles. The Kier molecular flexibility index (Phi) is 7.09. The molecule has 6 heteroatoms. The minimum Gasteiger partial charge on any atom is -0.385 e. The molecule has 1 fully saturated rings. The van der Waals surface area contributed by atoms with E-state index in [1.807, 2.05) is 0 Å². The number of amides is 1. The lowest BCUT2D eigenvalue weighted by Gasteiger charge is -2.16. The van der Waals surface area contributed by atoms with Gasteiger partial charge in [-0.05, 0) is 25.3 Å². The zero-order valence-corrected chi connectivity index (χ0v) is 13.3. The van der Waals surface area contributed by atoms with Gasteiger partial charge in [-0.2, -0.15) is 0 Å². The molecule has 1 aromatic heterocycles. The van der Waals surface area contributed by atoms with E-state index in [0.29, 0.717) is 18.2 Å². The summed E-state index contributed by atoms with van der Waals surface area (Å²) in [6.07, 6.45) is 9.57. The summed E-state index contributed by atoms with van der Waals surface area (Å²) < 4.78 is 4.99. The monoisotopic (exact) mass is 306 g/mol. The van der Waals surface area contributed by atoms with Crippen molar-refractivity contribution in [2.24, 2.45) is 0 Å². The van der Waals surface area contributed by atoms with Crippen LogP contribution >= 0.6 is 0 Å². The minimum atomic E-state index is -0.103. The summed E-state index contributed by atoms with van der Waals surface area (Å²) in [6.45, 7) is 1.41. The first-order valence-corrected chi connectivity index (χ1v) is 8.16. The van der Waals surface area contributed by atoms with Crippen LogP contribution < -0.4 is 10.6 Å². The number of nitrogens with zero attached hydrogens (tertiary/aromatic N) is 2. The van der Waals surface area contributed by atoms with Crippen molar-refractivity contribution in [3.8, 4) is 0 Å². The molecule has 0 saturated heterocycles. The van der Waals surface area contributed by atoms with E-state index >= 15 is 0 Å². The zero-order chi connectivity index (χ0) is 15.6. The van der Waals surface area contributed by atoms with E-state index in [4.69, 9.17) is 4.74 Å². The first-order chi connectivity index (χ1) is 10.8. The van der Waals surface area contributed by atoms with Gasteiger partial charge in [0.1, 0.15) is 5.69 Å². The van der Waals surface area contributed by atoms with Crippen LogP contribution in [0.5, 0.6) is 0 Å². The standard InChI is InChI=1S/C16H26N4O2/c1-22-12-6-10-17-16-18-11-9-14(20-16)15(21)19-13-7-4-2-3-5-8-13/h9,11,13H,2-8,10,12H2,1H3,(H,19,21)(H,17,18,20). The van der Waals surface area contributed by atoms with Crippen molar-refractivity contribution >= 4 is 11.9 Å². The number of nitrogens with one attached hydrogen (secondary N) is 2. The van der Waals surface area contributed by atoms with Gasteiger partial charge in [0.05, 0.1) is 0 Å². The average Bonchev–Trinajstić information content (AvgIpc) is 2.80. The van der Waals surface area contributed by atoms with E-state index < -0.39 is 0 Å². The highest BCUT2D eigenvalue weighted by Gasteiger charge is 2.16. The zero-order valence-electron chi connectivity index (χ0n) is 13.3. The SMILES string of the molecule is COCCCNc1nccc(C(=O)NC2CCCCCC2)n1. The molecule has 1 aromatic rings. The molecule has 1 amide bonds. The Morgan fingerprint density at radius 3 is 2.82 bits per heavy atom. The van der Waals surface area contributed by atoms with Crippen LogP contribution in [0.25, 0.3) is 0 Å². The maximum Gasteiger partial charge on any atom is 0.270 e. The van der Waals surface area contributed by atoms with Crippen molar-refractivity contribution in [2.45, 2.75) is 51.0 Å². The molecule has 0 spiro atoms. The van der Waals surface area contributed by atoms with Crippen LogP contribution in [0.3, 0.4) is 0 Å². The average molecular weight is 306 g/mol. The number of methoxy groups -OCH3 is 1. The van der Waals surface area contributed by atoms with E-state index in [1.54, 1.807) is 19.4 Å². The number of carbonyl (C=O) groups excluding carboxylic acids is 1. The highest BCUT2D eigenvalue weighted by Crippen LogP contribution is 2.17. The molecule has 0 atom stereocenters. The molecular weight excluding hydrogens is 280 g/mol. The molecular formula is C16H26N4O2. The fraction of sp³-hybridized carbons (Fsp3) is 0.688. The fourth-order valence-electron chi connectivity index (χ4n) is 2.67. The van der Waals surface area contributed by atoms with Crippen molar-refractivity contribution in [3.05, 3.63) is 18.0 Å². The van der Waals surface area contributed by atoms with Gasteiger partial charge in [-0.1, -0.05) is 25.7 Å². The number of hydrogen-bond acceptors (Lipinski definition) is 5. The summed E-state index contributed by atoms with van der Waals surface area (Å²) in [4.78, 5) is 20.7. The molecule has 1 aliphatic rings. The lowest BCUT2D eigenvalue weighted by molar-refractivity contribution is 0.0928. The molecule has 1 aliphatic carbocycles. The molecule has 0 aliphatic heterocycles. The van der Waals surface area contributed by atoms with Crippen LogP contribution in [0.1, 0.15) is 55.4 Å². The van der Waals surface area contributed by atoms with Crippen molar-refractivity contribution < 1.29 is 9.53 Å². The van der Waals surface area contributed by atoms with E-state index in [2.05, 4.69) is 20.6 Å². The Morgan fingerprint density at radius 1 is 1.32 bits per heavy atom. The van der Waals surface area contributed by atoms with Crippen molar-refractivity contribution in [1.82, 2.24) is 15.3 Å². The van der Waals surface area contributed by atoms with Gasteiger partial charge in [0, 0.05) is 32.5 Å². The number of ether oxygens (including phenoxy) is 1. The molecule has 2 rings (SSSR count). The van der Waals surface area contributed by atoms with Crippen LogP contribution in [0.4, 0.5) is 5.95 Å². The second-order valence-electron chi connectivity index (χ2n) is 5.70. The van der Waals surface area contributed by atoms with Crippen LogP contribution in [-0.4, -0.2) is 42.2 Å². The molecule has 2 N–H and O–H groups in total. The summed E-state index contributed by atoms with van der Waals surface area (Å²) in [6, 6.07) is 1.94. The third-order valence-electron chi connectivity index (χ3n) is 3.89. The summed E-state index contributed by atoms with van der Waals surface area (Å²) >= 11 is 0. The van der Waals surface area contributed by atoms with Gasteiger partial charge in [-0.3, -0.25) is 4.79 Å². The Balaban J connectivity index is 1.86. The Morgan fingerprint density at radius 2 is 2.09 bits per heavy atom. The summed E-state index contributed by atoms with van der Waals surface area (Å²) in [7, 11) is 1.68. The summed E-state index contributed by atoms with van der Waals surface area (Å²) in [5.41, 5.74) is 0.425. The number of aromatic nitrogens is 2. The molecule has 22 heavy (non-hydrogen) atoms. The minimum absolute atomic E-state index is 0.103. The van der Waals surface area contributed by atoms with E-state index in [-0.39, 0.29) is 11.9 Å². The maximum absolute atomic E-state index is 12.3. The van der Waals surface area contributed by atoms with E-state index in [9.17, 15) is 4.79 Å². The lowest BCUT2D eigenvalue weighted by Crippen LogP contribution is -2.35. The van der Waals surface area contributed by atoms with Gasteiger partial charge in [0.2, 0.25) is 5.95 Å². The third-order valence-corrected chi connectivity index (χ3v) is 3.89. The maximum atomic E-state index is 12.3. The van der Waals surface area contributed by atoms with Gasteiger partial charge < -0.3 is 15.4 Å². The topological polar surface area (TPSA) is 76.1 Å². The molecule has 0 bridgehead atoms. The highest BCUT2D eigenvalue weighted by atomic mass is 16.5. The van der Waals surface area contributed by atoms with Gasteiger partial charge in [-0.25, -0.2) is 9.97 Å². The number of rotatable bonds is 7.